The summed E-state index contributed by atoms with van der Waals surface area (Å²) in [7, 11) is 0. The standard InChI is InChI=1S/C13H25N/c1-10-4-3-5-12(7-6-11(10)2)8-13-9-14-13/h10-14H,3-9H2,1-2H3. The third kappa shape index (κ3) is 2.98. The Bertz CT molecular complexity index is 174. The number of rotatable bonds is 2. The first-order chi connectivity index (χ1) is 6.75. The molecule has 1 N–H and O–H groups in total. The molecule has 1 saturated carbocycles. The molecular weight excluding hydrogens is 170 g/mol. The van der Waals surface area contributed by atoms with Crippen molar-refractivity contribution < 1.29 is 0 Å². The highest BCUT2D eigenvalue weighted by molar-refractivity contribution is 4.86. The molecule has 1 aliphatic carbocycles. The highest BCUT2D eigenvalue weighted by Crippen LogP contribution is 2.32. The summed E-state index contributed by atoms with van der Waals surface area (Å²) in [5, 5.41) is 3.44. The summed E-state index contributed by atoms with van der Waals surface area (Å²) < 4.78 is 0. The van der Waals surface area contributed by atoms with Crippen molar-refractivity contribution in [2.75, 3.05) is 6.54 Å². The fourth-order valence-electron chi connectivity index (χ4n) is 2.83. The molecule has 4 atom stereocenters. The van der Waals surface area contributed by atoms with Crippen LogP contribution in [0.15, 0.2) is 0 Å². The lowest BCUT2D eigenvalue weighted by molar-refractivity contribution is 0.252. The highest BCUT2D eigenvalue weighted by atomic mass is 15.1. The van der Waals surface area contributed by atoms with Crippen LogP contribution >= 0.6 is 0 Å². The van der Waals surface area contributed by atoms with Gasteiger partial charge in [-0.25, -0.2) is 0 Å². The smallest absolute Gasteiger partial charge is 0.0195 e. The summed E-state index contributed by atoms with van der Waals surface area (Å²) in [5.41, 5.74) is 0. The maximum Gasteiger partial charge on any atom is 0.0195 e. The van der Waals surface area contributed by atoms with Gasteiger partial charge in [-0.3, -0.25) is 0 Å². The molecule has 1 heteroatoms. The Kier molecular flexibility index (Phi) is 3.48. The second-order valence-corrected chi connectivity index (χ2v) is 5.67. The van der Waals surface area contributed by atoms with Gasteiger partial charge in [0, 0.05) is 12.6 Å². The van der Waals surface area contributed by atoms with Crippen molar-refractivity contribution >= 4 is 0 Å². The van der Waals surface area contributed by atoms with Gasteiger partial charge in [-0.1, -0.05) is 46.0 Å². The zero-order valence-electron chi connectivity index (χ0n) is 9.76. The van der Waals surface area contributed by atoms with E-state index in [9.17, 15) is 0 Å². The second kappa shape index (κ2) is 4.65. The minimum Gasteiger partial charge on any atom is -0.311 e. The molecule has 0 bridgehead atoms. The monoisotopic (exact) mass is 195 g/mol. The van der Waals surface area contributed by atoms with Crippen LogP contribution in [0.2, 0.25) is 0 Å². The maximum atomic E-state index is 3.44. The Hall–Kier alpha value is -0.0400. The first-order valence-electron chi connectivity index (χ1n) is 6.49. The Morgan fingerprint density at radius 1 is 1.00 bits per heavy atom. The highest BCUT2D eigenvalue weighted by Gasteiger charge is 2.26. The van der Waals surface area contributed by atoms with E-state index in [0.29, 0.717) is 0 Å². The largest absolute Gasteiger partial charge is 0.311 e. The molecule has 1 aliphatic heterocycles. The number of nitrogens with one attached hydrogen (secondary N) is 1. The van der Waals surface area contributed by atoms with Gasteiger partial charge in [0.1, 0.15) is 0 Å². The van der Waals surface area contributed by atoms with Crippen LogP contribution in [-0.2, 0) is 0 Å². The predicted molar refractivity (Wildman–Crippen MR) is 61.3 cm³/mol. The van der Waals surface area contributed by atoms with Gasteiger partial charge in [-0.05, 0) is 24.2 Å². The van der Waals surface area contributed by atoms with E-state index in [1.807, 2.05) is 0 Å². The molecule has 0 radical (unpaired) electrons. The van der Waals surface area contributed by atoms with E-state index >= 15 is 0 Å². The van der Waals surface area contributed by atoms with E-state index in [1.54, 1.807) is 0 Å². The van der Waals surface area contributed by atoms with Crippen LogP contribution in [0.4, 0.5) is 0 Å². The molecule has 1 heterocycles. The summed E-state index contributed by atoms with van der Waals surface area (Å²) >= 11 is 0. The van der Waals surface area contributed by atoms with Crippen LogP contribution in [0, 0.1) is 17.8 Å². The topological polar surface area (TPSA) is 21.9 Å². The Morgan fingerprint density at radius 3 is 2.43 bits per heavy atom. The minimum absolute atomic E-state index is 0.896. The summed E-state index contributed by atoms with van der Waals surface area (Å²) in [6.07, 6.45) is 8.86. The fourth-order valence-corrected chi connectivity index (χ4v) is 2.83. The third-order valence-corrected chi connectivity index (χ3v) is 4.38. The SMILES string of the molecule is CC1CCCC(CC2CN2)CCC1C. The van der Waals surface area contributed by atoms with Crippen LogP contribution in [0.3, 0.4) is 0 Å². The van der Waals surface area contributed by atoms with Crippen molar-refractivity contribution in [3.63, 3.8) is 0 Å². The fraction of sp³-hybridized carbons (Fsp3) is 1.00. The van der Waals surface area contributed by atoms with E-state index in [2.05, 4.69) is 19.2 Å². The van der Waals surface area contributed by atoms with E-state index < -0.39 is 0 Å². The van der Waals surface area contributed by atoms with Crippen LogP contribution in [-0.4, -0.2) is 12.6 Å². The summed E-state index contributed by atoms with van der Waals surface area (Å²) in [6.45, 7) is 6.18. The summed E-state index contributed by atoms with van der Waals surface area (Å²) in [4.78, 5) is 0. The van der Waals surface area contributed by atoms with Gasteiger partial charge in [0.25, 0.3) is 0 Å². The van der Waals surface area contributed by atoms with Gasteiger partial charge in [0.2, 0.25) is 0 Å². The van der Waals surface area contributed by atoms with E-state index in [0.717, 1.165) is 23.8 Å². The zero-order chi connectivity index (χ0) is 9.97. The lowest BCUT2D eigenvalue weighted by atomic mass is 9.79. The average Bonchev–Trinajstić information content (AvgIpc) is 2.95. The Morgan fingerprint density at radius 2 is 1.71 bits per heavy atom. The molecule has 82 valence electrons. The quantitative estimate of drug-likeness (QED) is 0.671. The molecule has 0 aromatic carbocycles. The van der Waals surface area contributed by atoms with E-state index in [4.69, 9.17) is 0 Å². The molecule has 2 fully saturated rings. The number of hydrogen-bond donors (Lipinski definition) is 1. The lowest BCUT2D eigenvalue weighted by Crippen LogP contribution is -2.16. The van der Waals surface area contributed by atoms with Gasteiger partial charge in [-0.2, -0.15) is 0 Å². The molecule has 14 heavy (non-hydrogen) atoms. The number of hydrogen-bond acceptors (Lipinski definition) is 1. The first kappa shape index (κ1) is 10.5. The Balaban J connectivity index is 1.76. The molecule has 0 amide bonds. The second-order valence-electron chi connectivity index (χ2n) is 5.67. The van der Waals surface area contributed by atoms with Crippen molar-refractivity contribution in [2.45, 2.75) is 58.4 Å². The molecule has 2 aliphatic rings. The van der Waals surface area contributed by atoms with Crippen molar-refractivity contribution in [3.05, 3.63) is 0 Å². The van der Waals surface area contributed by atoms with E-state index in [-0.39, 0.29) is 0 Å². The summed E-state index contributed by atoms with van der Waals surface area (Å²) in [5.74, 6) is 2.96. The van der Waals surface area contributed by atoms with Gasteiger partial charge in [-0.15, -0.1) is 0 Å². The van der Waals surface area contributed by atoms with Crippen molar-refractivity contribution in [1.82, 2.24) is 5.32 Å². The van der Waals surface area contributed by atoms with Crippen LogP contribution in [0.25, 0.3) is 0 Å². The van der Waals surface area contributed by atoms with E-state index in [1.165, 1.54) is 45.1 Å². The third-order valence-electron chi connectivity index (χ3n) is 4.38. The predicted octanol–water partition coefficient (Wildman–Crippen LogP) is 3.20. The average molecular weight is 195 g/mol. The molecule has 1 nitrogen and oxygen atoms in total. The molecule has 2 rings (SSSR count). The normalized spacial score (nSPS) is 44.1. The molecule has 0 aromatic heterocycles. The molecule has 0 aromatic rings. The molecule has 0 spiro atoms. The zero-order valence-corrected chi connectivity index (χ0v) is 9.76. The first-order valence-corrected chi connectivity index (χ1v) is 6.49. The Labute approximate surface area is 88.7 Å². The molecule has 1 saturated heterocycles. The summed E-state index contributed by atoms with van der Waals surface area (Å²) in [6, 6.07) is 0.896. The minimum atomic E-state index is 0.896. The van der Waals surface area contributed by atoms with Gasteiger partial charge in [0.05, 0.1) is 0 Å². The van der Waals surface area contributed by atoms with Crippen LogP contribution < -0.4 is 5.32 Å². The van der Waals surface area contributed by atoms with Gasteiger partial charge >= 0.3 is 0 Å². The van der Waals surface area contributed by atoms with Crippen molar-refractivity contribution in [1.29, 1.82) is 0 Å². The van der Waals surface area contributed by atoms with Gasteiger partial charge in [0.15, 0.2) is 0 Å². The maximum absolute atomic E-state index is 3.44. The van der Waals surface area contributed by atoms with Crippen LogP contribution in [0.5, 0.6) is 0 Å². The molecule has 4 unspecified atom stereocenters. The van der Waals surface area contributed by atoms with Crippen molar-refractivity contribution in [3.8, 4) is 0 Å². The van der Waals surface area contributed by atoms with Crippen molar-refractivity contribution in [2.24, 2.45) is 17.8 Å². The van der Waals surface area contributed by atoms with Crippen LogP contribution in [0.1, 0.15) is 52.4 Å². The molecular formula is C13H25N. The van der Waals surface area contributed by atoms with Gasteiger partial charge < -0.3 is 5.32 Å². The lowest BCUT2D eigenvalue weighted by Gasteiger charge is -2.27.